The minimum atomic E-state index is -3.71. The zero-order valence-electron chi connectivity index (χ0n) is 20.0. The number of nitrogens with zero attached hydrogens (tertiary/aromatic N) is 2. The second-order valence-electron chi connectivity index (χ2n) is 8.59. The Balaban J connectivity index is 1.32. The van der Waals surface area contributed by atoms with E-state index in [0.29, 0.717) is 22.5 Å². The third-order valence-corrected chi connectivity index (χ3v) is 7.91. The van der Waals surface area contributed by atoms with Gasteiger partial charge in [0.05, 0.1) is 28.2 Å². The molecule has 0 saturated heterocycles. The van der Waals surface area contributed by atoms with Gasteiger partial charge in [-0.05, 0) is 48.9 Å². The number of benzene rings is 3. The van der Waals surface area contributed by atoms with Crippen molar-refractivity contribution >= 4 is 26.8 Å². The molecule has 11 heteroatoms. The van der Waals surface area contributed by atoms with E-state index in [1.807, 2.05) is 4.57 Å². The SMILES string of the molecule is CCS(=O)(=O)c1ccc(CNC(=O)c2ccc3c(c2)nc(C)n3Cc2cccc3c2OC(F)(F)O3)cc1. The van der Waals surface area contributed by atoms with Crippen molar-refractivity contribution in [1.82, 2.24) is 14.9 Å². The Labute approximate surface area is 211 Å². The molecule has 37 heavy (non-hydrogen) atoms. The third-order valence-electron chi connectivity index (χ3n) is 6.16. The number of sulfone groups is 1. The molecule has 1 aliphatic rings. The number of hydrogen-bond donors (Lipinski definition) is 1. The highest BCUT2D eigenvalue weighted by molar-refractivity contribution is 7.91. The predicted octanol–water partition coefficient (Wildman–Crippen LogP) is 4.44. The van der Waals surface area contributed by atoms with E-state index in [4.69, 9.17) is 4.74 Å². The van der Waals surface area contributed by atoms with E-state index in [0.717, 1.165) is 11.1 Å². The molecule has 0 aliphatic carbocycles. The molecule has 3 aromatic carbocycles. The zero-order valence-corrected chi connectivity index (χ0v) is 20.8. The Morgan fingerprint density at radius 3 is 2.57 bits per heavy atom. The van der Waals surface area contributed by atoms with Gasteiger partial charge in [0.15, 0.2) is 21.3 Å². The largest absolute Gasteiger partial charge is 0.586 e. The molecule has 0 saturated carbocycles. The quantitative estimate of drug-likeness (QED) is 0.382. The van der Waals surface area contributed by atoms with E-state index >= 15 is 0 Å². The van der Waals surface area contributed by atoms with Crippen molar-refractivity contribution in [3.8, 4) is 11.5 Å². The number of rotatable bonds is 7. The van der Waals surface area contributed by atoms with Gasteiger partial charge in [-0.25, -0.2) is 13.4 Å². The van der Waals surface area contributed by atoms with E-state index in [2.05, 4.69) is 15.0 Å². The molecule has 1 amide bonds. The van der Waals surface area contributed by atoms with Crippen molar-refractivity contribution in [2.75, 3.05) is 5.75 Å². The fourth-order valence-electron chi connectivity index (χ4n) is 4.18. The first kappa shape index (κ1) is 24.7. The summed E-state index contributed by atoms with van der Waals surface area (Å²) >= 11 is 0. The van der Waals surface area contributed by atoms with Gasteiger partial charge in [-0.15, -0.1) is 8.78 Å². The summed E-state index contributed by atoms with van der Waals surface area (Å²) in [6.45, 7) is 3.82. The van der Waals surface area contributed by atoms with Gasteiger partial charge in [0.1, 0.15) is 5.82 Å². The summed E-state index contributed by atoms with van der Waals surface area (Å²) in [4.78, 5) is 17.5. The molecule has 8 nitrogen and oxygen atoms in total. The lowest BCUT2D eigenvalue weighted by Gasteiger charge is -2.10. The third kappa shape index (κ3) is 4.86. The zero-order chi connectivity index (χ0) is 26.4. The molecule has 0 unspecified atom stereocenters. The monoisotopic (exact) mass is 527 g/mol. The van der Waals surface area contributed by atoms with E-state index < -0.39 is 16.1 Å². The Kier molecular flexibility index (Phi) is 6.10. The minimum Gasteiger partial charge on any atom is -0.395 e. The van der Waals surface area contributed by atoms with Crippen LogP contribution in [0, 0.1) is 6.92 Å². The second kappa shape index (κ2) is 9.15. The Morgan fingerprint density at radius 2 is 1.84 bits per heavy atom. The Bertz CT molecular complexity index is 1620. The number of carbonyl (C=O) groups is 1. The van der Waals surface area contributed by atoms with E-state index in [-0.39, 0.29) is 41.1 Å². The maximum absolute atomic E-state index is 13.6. The fourth-order valence-corrected chi connectivity index (χ4v) is 5.06. The van der Waals surface area contributed by atoms with Gasteiger partial charge in [0, 0.05) is 17.7 Å². The molecule has 1 aliphatic heterocycles. The first-order chi connectivity index (χ1) is 17.6. The van der Waals surface area contributed by atoms with E-state index in [1.165, 1.54) is 18.2 Å². The van der Waals surface area contributed by atoms with Crippen molar-refractivity contribution < 1.29 is 31.5 Å². The van der Waals surface area contributed by atoms with Crippen molar-refractivity contribution in [3.63, 3.8) is 0 Å². The van der Waals surface area contributed by atoms with Crippen LogP contribution in [0.2, 0.25) is 0 Å². The normalized spacial score (nSPS) is 14.2. The van der Waals surface area contributed by atoms with Crippen LogP contribution in [0.1, 0.15) is 34.2 Å². The standard InChI is InChI=1S/C26H23F2N3O5S/c1-3-37(33,34)20-10-7-17(8-11-20)14-29-25(32)18-9-12-22-21(13-18)30-16(2)31(22)15-19-5-4-6-23-24(19)36-26(27,28)35-23/h4-13H,3,14-15H2,1-2H3,(H,29,32). The maximum atomic E-state index is 13.6. The lowest BCUT2D eigenvalue weighted by Crippen LogP contribution is -2.26. The number of halogens is 2. The number of ether oxygens (including phenoxy) is 2. The number of aryl methyl sites for hydroxylation is 1. The highest BCUT2D eigenvalue weighted by Crippen LogP contribution is 2.43. The molecule has 2 heterocycles. The van der Waals surface area contributed by atoms with Crippen LogP contribution >= 0.6 is 0 Å². The summed E-state index contributed by atoms with van der Waals surface area (Å²) in [6, 6.07) is 16.2. The van der Waals surface area contributed by atoms with Crippen molar-refractivity contribution in [2.24, 2.45) is 0 Å². The van der Waals surface area contributed by atoms with Gasteiger partial charge in [0.2, 0.25) is 0 Å². The first-order valence-electron chi connectivity index (χ1n) is 11.5. The number of imidazole rings is 1. The fraction of sp³-hybridized carbons (Fsp3) is 0.231. The van der Waals surface area contributed by atoms with Crippen LogP contribution in [0.25, 0.3) is 11.0 Å². The molecular weight excluding hydrogens is 504 g/mol. The van der Waals surface area contributed by atoms with Gasteiger partial charge in [-0.3, -0.25) is 4.79 Å². The van der Waals surface area contributed by atoms with Crippen LogP contribution in [-0.4, -0.2) is 35.9 Å². The molecule has 0 atom stereocenters. The molecule has 1 N–H and O–H groups in total. The Morgan fingerprint density at radius 1 is 1.08 bits per heavy atom. The lowest BCUT2D eigenvalue weighted by atomic mass is 10.1. The van der Waals surface area contributed by atoms with E-state index in [9.17, 15) is 22.0 Å². The molecule has 5 rings (SSSR count). The van der Waals surface area contributed by atoms with Gasteiger partial charge < -0.3 is 19.4 Å². The molecule has 0 fully saturated rings. The number of nitrogens with one attached hydrogen (secondary N) is 1. The van der Waals surface area contributed by atoms with Crippen molar-refractivity contribution in [3.05, 3.63) is 83.2 Å². The maximum Gasteiger partial charge on any atom is 0.586 e. The van der Waals surface area contributed by atoms with Crippen LogP contribution in [0.5, 0.6) is 11.5 Å². The molecule has 0 radical (unpaired) electrons. The smallest absolute Gasteiger partial charge is 0.395 e. The molecule has 192 valence electrons. The number of carbonyl (C=O) groups excluding carboxylic acids is 1. The number of fused-ring (bicyclic) bond motifs is 2. The highest BCUT2D eigenvalue weighted by Gasteiger charge is 2.44. The summed E-state index contributed by atoms with van der Waals surface area (Å²) < 4.78 is 62.1. The van der Waals surface area contributed by atoms with Crippen LogP contribution in [0.4, 0.5) is 8.78 Å². The average Bonchev–Trinajstić information content (AvgIpc) is 3.36. The van der Waals surface area contributed by atoms with Crippen LogP contribution in [0.15, 0.2) is 65.6 Å². The number of alkyl halides is 2. The molecular formula is C26H23F2N3O5S. The summed E-state index contributed by atoms with van der Waals surface area (Å²) in [6.07, 6.45) is -3.71. The number of para-hydroxylation sites is 1. The van der Waals surface area contributed by atoms with Crippen molar-refractivity contribution in [2.45, 2.75) is 38.1 Å². The van der Waals surface area contributed by atoms with Crippen LogP contribution < -0.4 is 14.8 Å². The summed E-state index contributed by atoms with van der Waals surface area (Å²) in [5, 5.41) is 2.82. The van der Waals surface area contributed by atoms with Crippen LogP contribution in [-0.2, 0) is 22.9 Å². The van der Waals surface area contributed by atoms with Gasteiger partial charge in [-0.1, -0.05) is 31.2 Å². The summed E-state index contributed by atoms with van der Waals surface area (Å²) in [5.74, 6) is 0.313. The summed E-state index contributed by atoms with van der Waals surface area (Å²) in [7, 11) is -3.28. The molecule has 0 spiro atoms. The Hall–Kier alpha value is -3.99. The minimum absolute atomic E-state index is 0.00919. The van der Waals surface area contributed by atoms with Gasteiger partial charge in [0.25, 0.3) is 5.91 Å². The topological polar surface area (TPSA) is 99.5 Å². The van der Waals surface area contributed by atoms with E-state index in [1.54, 1.807) is 56.3 Å². The molecule has 4 aromatic rings. The average molecular weight is 528 g/mol. The highest BCUT2D eigenvalue weighted by atomic mass is 32.2. The number of amides is 1. The second-order valence-corrected chi connectivity index (χ2v) is 10.9. The number of hydrogen-bond acceptors (Lipinski definition) is 6. The predicted molar refractivity (Wildman–Crippen MR) is 132 cm³/mol. The first-order valence-corrected chi connectivity index (χ1v) is 13.2. The molecule has 0 bridgehead atoms. The number of aromatic nitrogens is 2. The van der Waals surface area contributed by atoms with Crippen molar-refractivity contribution in [1.29, 1.82) is 0 Å². The molecule has 1 aromatic heterocycles. The van der Waals surface area contributed by atoms with Gasteiger partial charge >= 0.3 is 6.29 Å². The van der Waals surface area contributed by atoms with Gasteiger partial charge in [-0.2, -0.15) is 0 Å². The summed E-state index contributed by atoms with van der Waals surface area (Å²) in [5.41, 5.74) is 2.98. The lowest BCUT2D eigenvalue weighted by molar-refractivity contribution is -0.286. The van der Waals surface area contributed by atoms with Crippen LogP contribution in [0.3, 0.4) is 0 Å².